The van der Waals surface area contributed by atoms with Gasteiger partial charge in [-0.2, -0.15) is 5.26 Å². The van der Waals surface area contributed by atoms with Crippen molar-refractivity contribution in [3.63, 3.8) is 0 Å². The maximum absolute atomic E-state index is 13.2. The quantitative estimate of drug-likeness (QED) is 0.421. The molecule has 0 saturated heterocycles. The van der Waals surface area contributed by atoms with Crippen molar-refractivity contribution in [3.05, 3.63) is 113 Å². The van der Waals surface area contributed by atoms with Gasteiger partial charge in [-0.15, -0.1) is 0 Å². The van der Waals surface area contributed by atoms with Crippen LogP contribution in [0, 0.1) is 11.3 Å². The first-order chi connectivity index (χ1) is 17.1. The minimum absolute atomic E-state index is 0.104. The lowest BCUT2D eigenvalue weighted by atomic mass is 9.81. The van der Waals surface area contributed by atoms with E-state index < -0.39 is 11.8 Å². The molecular formula is C29H22N2O4. The molecule has 0 unspecified atom stereocenters. The molecular weight excluding hydrogens is 440 g/mol. The monoisotopic (exact) mass is 462 g/mol. The zero-order valence-corrected chi connectivity index (χ0v) is 19.2. The number of ether oxygens (including phenoxy) is 3. The van der Waals surface area contributed by atoms with E-state index in [4.69, 9.17) is 14.2 Å². The predicted octanol–water partition coefficient (Wildman–Crippen LogP) is 5.55. The summed E-state index contributed by atoms with van der Waals surface area (Å²) in [5.74, 6) is 0.951. The Labute approximate surface area is 203 Å². The van der Waals surface area contributed by atoms with Gasteiger partial charge in [0, 0.05) is 5.56 Å². The van der Waals surface area contributed by atoms with E-state index >= 15 is 0 Å². The number of nitriles is 1. The van der Waals surface area contributed by atoms with Crippen LogP contribution in [0.4, 0.5) is 0 Å². The van der Waals surface area contributed by atoms with Gasteiger partial charge in [-0.3, -0.25) is 10.1 Å². The van der Waals surface area contributed by atoms with E-state index in [1.165, 1.54) is 7.11 Å². The van der Waals surface area contributed by atoms with E-state index in [1.807, 2.05) is 60.7 Å². The van der Waals surface area contributed by atoms with Gasteiger partial charge in [0.05, 0.1) is 25.7 Å². The molecule has 35 heavy (non-hydrogen) atoms. The Morgan fingerprint density at radius 2 is 1.66 bits per heavy atom. The van der Waals surface area contributed by atoms with Crippen LogP contribution in [-0.4, -0.2) is 20.1 Å². The molecule has 1 heterocycles. The summed E-state index contributed by atoms with van der Waals surface area (Å²) >= 11 is 0. The van der Waals surface area contributed by atoms with Crippen LogP contribution in [-0.2, 0) is 0 Å². The number of amides is 1. The molecule has 0 aliphatic carbocycles. The van der Waals surface area contributed by atoms with Gasteiger partial charge >= 0.3 is 0 Å². The Hall–Kier alpha value is -4.76. The molecule has 1 amide bonds. The van der Waals surface area contributed by atoms with Crippen LogP contribution < -0.4 is 19.5 Å². The smallest absolute Gasteiger partial charge is 0.261 e. The lowest BCUT2D eigenvalue weighted by Gasteiger charge is -2.29. The number of nitrogens with zero attached hydrogens (tertiary/aromatic N) is 1. The molecule has 0 aromatic heterocycles. The van der Waals surface area contributed by atoms with Gasteiger partial charge in [-0.05, 0) is 46.7 Å². The van der Waals surface area contributed by atoms with Crippen molar-refractivity contribution in [2.75, 3.05) is 14.2 Å². The van der Waals surface area contributed by atoms with Crippen molar-refractivity contribution in [1.82, 2.24) is 5.32 Å². The number of hydrogen-bond acceptors (Lipinski definition) is 5. The molecule has 1 atom stereocenters. The second kappa shape index (κ2) is 9.24. The standard InChI is InChI=1S/C29H22N2O4/c1-33-20-14-11-19(12-15-20)26-23(17-30)29(31-28(32)22-9-5-6-10-24(22)34-2)35-25-16-13-18-7-3-4-8-21(18)27(25)26/h3-16,26H,1-2H3,(H,31,32)/t26-/m0/s1. The number of hydrogen-bond donors (Lipinski definition) is 1. The van der Waals surface area contributed by atoms with E-state index in [9.17, 15) is 10.1 Å². The van der Waals surface area contributed by atoms with Gasteiger partial charge in [-0.25, -0.2) is 0 Å². The van der Waals surface area contributed by atoms with Crippen LogP contribution in [0.25, 0.3) is 10.8 Å². The van der Waals surface area contributed by atoms with E-state index in [1.54, 1.807) is 31.4 Å². The largest absolute Gasteiger partial charge is 0.497 e. The fourth-order valence-electron chi connectivity index (χ4n) is 4.44. The summed E-state index contributed by atoms with van der Waals surface area (Å²) in [5.41, 5.74) is 2.41. The fraction of sp³-hybridized carbons (Fsp3) is 0.103. The minimum Gasteiger partial charge on any atom is -0.497 e. The SMILES string of the molecule is COc1ccc([C@H]2C(C#N)=C(NC(=O)c3ccccc3OC)Oc3ccc4ccccc4c32)cc1. The van der Waals surface area contributed by atoms with E-state index in [2.05, 4.69) is 11.4 Å². The Kier molecular flexibility index (Phi) is 5.82. The Morgan fingerprint density at radius 1 is 0.914 bits per heavy atom. The Bertz CT molecular complexity index is 1500. The molecule has 6 heteroatoms. The third-order valence-corrected chi connectivity index (χ3v) is 6.11. The van der Waals surface area contributed by atoms with Gasteiger partial charge in [-0.1, -0.05) is 54.6 Å². The Morgan fingerprint density at radius 3 is 2.40 bits per heavy atom. The molecule has 0 fully saturated rings. The van der Waals surface area contributed by atoms with Gasteiger partial charge < -0.3 is 14.2 Å². The number of allylic oxidation sites excluding steroid dienone is 1. The molecule has 1 N–H and O–H groups in total. The first-order valence-electron chi connectivity index (χ1n) is 11.1. The second-order valence-electron chi connectivity index (χ2n) is 8.02. The molecule has 4 aromatic rings. The summed E-state index contributed by atoms with van der Waals surface area (Å²) in [4.78, 5) is 13.2. The van der Waals surface area contributed by atoms with Crippen LogP contribution in [0.3, 0.4) is 0 Å². The van der Waals surface area contributed by atoms with Crippen LogP contribution in [0.5, 0.6) is 17.2 Å². The normalized spacial score (nSPS) is 14.5. The highest BCUT2D eigenvalue weighted by molar-refractivity contribution is 5.98. The molecule has 5 rings (SSSR count). The molecule has 1 aliphatic rings. The van der Waals surface area contributed by atoms with Crippen LogP contribution >= 0.6 is 0 Å². The second-order valence-corrected chi connectivity index (χ2v) is 8.02. The maximum atomic E-state index is 13.2. The average molecular weight is 463 g/mol. The number of rotatable bonds is 5. The first kappa shape index (κ1) is 22.1. The van der Waals surface area contributed by atoms with Gasteiger partial charge in [0.2, 0.25) is 5.88 Å². The van der Waals surface area contributed by atoms with Gasteiger partial charge in [0.15, 0.2) is 0 Å². The highest BCUT2D eigenvalue weighted by atomic mass is 16.5. The lowest BCUT2D eigenvalue weighted by molar-refractivity contribution is 0.0944. The predicted molar refractivity (Wildman–Crippen MR) is 133 cm³/mol. The number of carbonyl (C=O) groups is 1. The summed E-state index contributed by atoms with van der Waals surface area (Å²) < 4.78 is 16.8. The fourth-order valence-corrected chi connectivity index (χ4v) is 4.44. The van der Waals surface area contributed by atoms with Crippen molar-refractivity contribution >= 4 is 16.7 Å². The van der Waals surface area contributed by atoms with Gasteiger partial charge in [0.25, 0.3) is 5.91 Å². The topological polar surface area (TPSA) is 80.6 Å². The number of benzene rings is 4. The van der Waals surface area contributed by atoms with E-state index in [0.717, 1.165) is 21.9 Å². The van der Waals surface area contributed by atoms with Crippen LogP contribution in [0.2, 0.25) is 0 Å². The molecule has 1 aliphatic heterocycles. The average Bonchev–Trinajstić information content (AvgIpc) is 2.92. The summed E-state index contributed by atoms with van der Waals surface area (Å²) in [6.45, 7) is 0. The Balaban J connectivity index is 1.67. The molecule has 6 nitrogen and oxygen atoms in total. The summed E-state index contributed by atoms with van der Waals surface area (Å²) in [6.07, 6.45) is 0. The first-order valence-corrected chi connectivity index (χ1v) is 11.1. The van der Waals surface area contributed by atoms with Crippen molar-refractivity contribution in [3.8, 4) is 23.3 Å². The molecule has 172 valence electrons. The third kappa shape index (κ3) is 3.94. The van der Waals surface area contributed by atoms with Crippen molar-refractivity contribution in [2.24, 2.45) is 0 Å². The minimum atomic E-state index is -0.450. The van der Waals surface area contributed by atoms with Crippen LogP contribution in [0.15, 0.2) is 96.4 Å². The van der Waals surface area contributed by atoms with Crippen molar-refractivity contribution in [1.29, 1.82) is 5.26 Å². The lowest BCUT2D eigenvalue weighted by Crippen LogP contribution is -2.31. The molecule has 0 bridgehead atoms. The summed E-state index contributed by atoms with van der Waals surface area (Å²) in [5, 5.41) is 15.1. The highest BCUT2D eigenvalue weighted by Gasteiger charge is 2.34. The van der Waals surface area contributed by atoms with E-state index in [0.29, 0.717) is 28.4 Å². The molecule has 0 radical (unpaired) electrons. The highest BCUT2D eigenvalue weighted by Crippen LogP contribution is 2.46. The third-order valence-electron chi connectivity index (χ3n) is 6.11. The zero-order chi connectivity index (χ0) is 24.4. The number of carbonyl (C=O) groups excluding carboxylic acids is 1. The molecule has 0 spiro atoms. The summed E-state index contributed by atoms with van der Waals surface area (Å²) in [6, 6.07) is 28.6. The molecule has 4 aromatic carbocycles. The maximum Gasteiger partial charge on any atom is 0.261 e. The van der Waals surface area contributed by atoms with Crippen LogP contribution in [0.1, 0.15) is 27.4 Å². The van der Waals surface area contributed by atoms with E-state index in [-0.39, 0.29) is 5.88 Å². The zero-order valence-electron chi connectivity index (χ0n) is 19.2. The number of para-hydroxylation sites is 1. The van der Waals surface area contributed by atoms with Gasteiger partial charge in [0.1, 0.15) is 28.9 Å². The molecule has 0 saturated carbocycles. The number of fused-ring (bicyclic) bond motifs is 3. The number of nitrogens with one attached hydrogen (secondary N) is 1. The van der Waals surface area contributed by atoms with Crippen molar-refractivity contribution in [2.45, 2.75) is 5.92 Å². The number of methoxy groups -OCH3 is 2. The summed E-state index contributed by atoms with van der Waals surface area (Å²) in [7, 11) is 3.11. The van der Waals surface area contributed by atoms with Crippen molar-refractivity contribution < 1.29 is 19.0 Å².